The van der Waals surface area contributed by atoms with Gasteiger partial charge in [0.2, 0.25) is 0 Å². The first-order chi connectivity index (χ1) is 14.7. The molecule has 0 aliphatic rings. The topological polar surface area (TPSA) is 56.1 Å². The minimum Gasteiger partial charge on any atom is -0.493 e. The van der Waals surface area contributed by atoms with Crippen molar-refractivity contribution < 1.29 is 4.74 Å². The van der Waals surface area contributed by atoms with E-state index in [9.17, 15) is 0 Å². The Balaban J connectivity index is 1.32. The van der Waals surface area contributed by atoms with E-state index in [-0.39, 0.29) is 0 Å². The number of pyridine rings is 1. The number of para-hydroxylation sites is 1. The molecule has 0 radical (unpaired) electrons. The third kappa shape index (κ3) is 4.98. The van der Waals surface area contributed by atoms with E-state index < -0.39 is 0 Å². The van der Waals surface area contributed by atoms with Gasteiger partial charge >= 0.3 is 0 Å². The number of benzene rings is 2. The summed E-state index contributed by atoms with van der Waals surface area (Å²) >= 11 is 1.66. The summed E-state index contributed by atoms with van der Waals surface area (Å²) in [5, 5.41) is 10.8. The summed E-state index contributed by atoms with van der Waals surface area (Å²) in [4.78, 5) is 6.70. The maximum Gasteiger partial charge on any atom is 0.191 e. The molecule has 0 amide bonds. The highest BCUT2D eigenvalue weighted by atomic mass is 32.2. The van der Waals surface area contributed by atoms with Crippen LogP contribution in [0.25, 0.3) is 10.9 Å². The number of hydrogen-bond acceptors (Lipinski definition) is 6. The first-order valence-corrected chi connectivity index (χ1v) is 10.9. The van der Waals surface area contributed by atoms with Crippen LogP contribution in [-0.2, 0) is 20.1 Å². The fourth-order valence-corrected chi connectivity index (χ4v) is 4.06. The summed E-state index contributed by atoms with van der Waals surface area (Å²) in [5.41, 5.74) is 2.29. The van der Waals surface area contributed by atoms with Gasteiger partial charge in [-0.15, -0.1) is 10.2 Å². The predicted octanol–water partition coefficient (Wildman–Crippen LogP) is 4.17. The Hall–Kier alpha value is -2.90. The Labute approximate surface area is 180 Å². The molecule has 0 unspecified atom stereocenters. The third-order valence-corrected chi connectivity index (χ3v) is 5.82. The molecule has 0 aliphatic carbocycles. The lowest BCUT2D eigenvalue weighted by Gasteiger charge is -2.17. The minimum absolute atomic E-state index is 0.631. The first kappa shape index (κ1) is 20.4. The van der Waals surface area contributed by atoms with Crippen molar-refractivity contribution in [1.29, 1.82) is 0 Å². The Morgan fingerprint density at radius 2 is 1.83 bits per heavy atom. The summed E-state index contributed by atoms with van der Waals surface area (Å²) in [5.74, 6) is 2.66. The summed E-state index contributed by atoms with van der Waals surface area (Å²) in [7, 11) is 4.12. The van der Waals surface area contributed by atoms with Gasteiger partial charge in [0.15, 0.2) is 5.16 Å². The van der Waals surface area contributed by atoms with E-state index in [0.29, 0.717) is 6.61 Å². The molecule has 0 spiro atoms. The molecule has 2 aromatic heterocycles. The first-order valence-electron chi connectivity index (χ1n) is 9.91. The molecular formula is C23H25N5OS. The van der Waals surface area contributed by atoms with Gasteiger partial charge in [-0.05, 0) is 36.9 Å². The van der Waals surface area contributed by atoms with Crippen molar-refractivity contribution in [3.8, 4) is 5.75 Å². The van der Waals surface area contributed by atoms with E-state index in [1.165, 1.54) is 10.9 Å². The van der Waals surface area contributed by atoms with Crippen LogP contribution in [0.1, 0.15) is 11.4 Å². The maximum absolute atomic E-state index is 5.75. The molecular weight excluding hydrogens is 394 g/mol. The van der Waals surface area contributed by atoms with E-state index in [1.807, 2.05) is 55.7 Å². The summed E-state index contributed by atoms with van der Waals surface area (Å²) in [6.07, 6.45) is 1.83. The number of nitrogens with zero attached hydrogens (tertiary/aromatic N) is 5. The van der Waals surface area contributed by atoms with Gasteiger partial charge in [0.25, 0.3) is 0 Å². The second-order valence-electron chi connectivity index (χ2n) is 7.13. The van der Waals surface area contributed by atoms with Crippen LogP contribution < -0.4 is 4.74 Å². The van der Waals surface area contributed by atoms with Crippen molar-refractivity contribution >= 4 is 22.7 Å². The molecule has 7 heteroatoms. The number of fused-ring (bicyclic) bond motifs is 1. The molecule has 30 heavy (non-hydrogen) atoms. The molecule has 0 fully saturated rings. The molecule has 4 rings (SSSR count). The van der Waals surface area contributed by atoms with Gasteiger partial charge in [0.1, 0.15) is 11.6 Å². The van der Waals surface area contributed by atoms with Crippen LogP contribution in [0.4, 0.5) is 0 Å². The van der Waals surface area contributed by atoms with Crippen molar-refractivity contribution in [3.63, 3.8) is 0 Å². The lowest BCUT2D eigenvalue weighted by molar-refractivity contribution is 0.307. The number of thioether (sulfide) groups is 1. The standard InChI is InChI=1S/C23H25N5OS/c1-27(16-18-8-6-12-21-20(18)11-7-13-24-21)17-22-25-26-23(28(22)2)30-15-14-29-19-9-4-3-5-10-19/h3-13H,14-17H2,1-2H3. The highest BCUT2D eigenvalue weighted by Crippen LogP contribution is 2.20. The molecule has 0 bridgehead atoms. The van der Waals surface area contributed by atoms with Crippen LogP contribution in [0.3, 0.4) is 0 Å². The van der Waals surface area contributed by atoms with Crippen LogP contribution in [0.15, 0.2) is 72.0 Å². The van der Waals surface area contributed by atoms with Crippen molar-refractivity contribution in [2.24, 2.45) is 7.05 Å². The Kier molecular flexibility index (Phi) is 6.61. The number of hydrogen-bond donors (Lipinski definition) is 0. The Morgan fingerprint density at radius 3 is 2.70 bits per heavy atom. The van der Waals surface area contributed by atoms with E-state index in [2.05, 4.69) is 49.9 Å². The molecule has 0 saturated carbocycles. The monoisotopic (exact) mass is 419 g/mol. The van der Waals surface area contributed by atoms with E-state index in [4.69, 9.17) is 4.74 Å². The molecule has 6 nitrogen and oxygen atoms in total. The van der Waals surface area contributed by atoms with Crippen molar-refractivity contribution in [3.05, 3.63) is 78.2 Å². The van der Waals surface area contributed by atoms with Crippen molar-refractivity contribution in [2.45, 2.75) is 18.2 Å². The number of aromatic nitrogens is 4. The average Bonchev–Trinajstić information content (AvgIpc) is 3.11. The van der Waals surface area contributed by atoms with Gasteiger partial charge in [-0.1, -0.05) is 48.2 Å². The van der Waals surface area contributed by atoms with Crippen LogP contribution >= 0.6 is 11.8 Å². The largest absolute Gasteiger partial charge is 0.493 e. The zero-order valence-corrected chi connectivity index (χ0v) is 18.0. The lowest BCUT2D eigenvalue weighted by atomic mass is 10.1. The Morgan fingerprint density at radius 1 is 0.967 bits per heavy atom. The summed E-state index contributed by atoms with van der Waals surface area (Å²) in [6, 6.07) is 20.2. The van der Waals surface area contributed by atoms with Crippen LogP contribution in [-0.4, -0.2) is 44.1 Å². The fraction of sp³-hybridized carbons (Fsp3) is 0.261. The maximum atomic E-state index is 5.75. The SMILES string of the molecule is CN(Cc1cccc2ncccc12)Cc1nnc(SCCOc2ccccc2)n1C. The fourth-order valence-electron chi connectivity index (χ4n) is 3.31. The van der Waals surface area contributed by atoms with E-state index in [0.717, 1.165) is 41.1 Å². The lowest BCUT2D eigenvalue weighted by Crippen LogP contribution is -2.20. The highest BCUT2D eigenvalue weighted by molar-refractivity contribution is 7.99. The smallest absolute Gasteiger partial charge is 0.191 e. The minimum atomic E-state index is 0.631. The molecule has 0 atom stereocenters. The van der Waals surface area contributed by atoms with Crippen molar-refractivity contribution in [1.82, 2.24) is 24.6 Å². The number of rotatable bonds is 9. The zero-order chi connectivity index (χ0) is 20.8. The Bertz CT molecular complexity index is 1090. The van der Waals surface area contributed by atoms with E-state index >= 15 is 0 Å². The molecule has 4 aromatic rings. The highest BCUT2D eigenvalue weighted by Gasteiger charge is 2.12. The van der Waals surface area contributed by atoms with Gasteiger partial charge in [0.05, 0.1) is 18.7 Å². The number of ether oxygens (including phenoxy) is 1. The predicted molar refractivity (Wildman–Crippen MR) is 121 cm³/mol. The summed E-state index contributed by atoms with van der Waals surface area (Å²) < 4.78 is 7.81. The molecule has 2 aromatic carbocycles. The van der Waals surface area contributed by atoms with Gasteiger partial charge in [-0.25, -0.2) is 0 Å². The van der Waals surface area contributed by atoms with Gasteiger partial charge in [-0.2, -0.15) is 0 Å². The molecule has 0 aliphatic heterocycles. The normalized spacial score (nSPS) is 11.3. The average molecular weight is 420 g/mol. The molecule has 2 heterocycles. The summed E-state index contributed by atoms with van der Waals surface area (Å²) in [6.45, 7) is 2.18. The van der Waals surface area contributed by atoms with Crippen LogP contribution in [0.5, 0.6) is 5.75 Å². The van der Waals surface area contributed by atoms with Crippen molar-refractivity contribution in [2.75, 3.05) is 19.4 Å². The van der Waals surface area contributed by atoms with Crippen LogP contribution in [0.2, 0.25) is 0 Å². The second kappa shape index (κ2) is 9.73. The quantitative estimate of drug-likeness (QED) is 0.300. The van der Waals surface area contributed by atoms with Gasteiger partial charge in [0, 0.05) is 30.9 Å². The molecule has 0 N–H and O–H groups in total. The van der Waals surface area contributed by atoms with Gasteiger partial charge < -0.3 is 9.30 Å². The van der Waals surface area contributed by atoms with Crippen LogP contribution in [0, 0.1) is 0 Å². The zero-order valence-electron chi connectivity index (χ0n) is 17.2. The molecule has 0 saturated heterocycles. The molecule has 154 valence electrons. The van der Waals surface area contributed by atoms with Gasteiger partial charge in [-0.3, -0.25) is 9.88 Å². The third-order valence-electron chi connectivity index (χ3n) is 4.84. The van der Waals surface area contributed by atoms with E-state index in [1.54, 1.807) is 11.8 Å². The second-order valence-corrected chi connectivity index (χ2v) is 8.19.